The minimum atomic E-state index is -3.08. The highest BCUT2D eigenvalue weighted by Gasteiger charge is 2.60. The molecule has 23 heteroatoms. The van der Waals surface area contributed by atoms with Crippen LogP contribution in [-0.4, -0.2) is 215 Å². The number of carbonyl (C=O) groups is 3. The third-order valence-corrected chi connectivity index (χ3v) is 16.5. The first kappa shape index (κ1) is 75.7. The quantitative estimate of drug-likeness (QED) is 0.0303. The molecule has 0 aromatic carbocycles. The van der Waals surface area contributed by atoms with Crippen LogP contribution in [0.2, 0.25) is 0 Å². The van der Waals surface area contributed by atoms with E-state index in [0.717, 1.165) is 51.9 Å². The number of ether oxygens (including phenoxy) is 6. The number of hydrogen-bond donors (Lipinski definition) is 14. The Hall–Kier alpha value is -2.53. The molecule has 0 aliphatic carbocycles. The molecule has 2 amide bonds. The minimum absolute atomic E-state index is 0.204. The maximum atomic E-state index is 13.4. The van der Waals surface area contributed by atoms with Crippen molar-refractivity contribution in [1.82, 2.24) is 10.6 Å². The maximum Gasteiger partial charge on any atom is 0.364 e. The van der Waals surface area contributed by atoms with Crippen LogP contribution < -0.4 is 10.6 Å². The number of carboxylic acids is 1. The van der Waals surface area contributed by atoms with Gasteiger partial charge in [0, 0.05) is 19.8 Å². The molecule has 0 aromatic rings. The smallest absolute Gasteiger partial charge is 0.364 e. The van der Waals surface area contributed by atoms with Gasteiger partial charge in [-0.1, -0.05) is 193 Å². The summed E-state index contributed by atoms with van der Waals surface area (Å²) in [4.78, 5) is 38.4. The van der Waals surface area contributed by atoms with E-state index in [0.29, 0.717) is 12.8 Å². The van der Waals surface area contributed by atoms with Crippen LogP contribution in [0.5, 0.6) is 0 Å². The number of amides is 2. The predicted octanol–water partition coefficient (Wildman–Crippen LogP) is 3.95. The lowest BCUT2D eigenvalue weighted by atomic mass is 9.88. The fraction of sp³-hybridized carbons (Fsp3) is 0.918. The normalized spacial score (nSPS) is 29.8. The standard InChI is InChI=1S/C61H112N2O21/c1-4-6-8-10-12-14-16-18-20-22-24-26-28-30-32-34-43(68)42(63-48(71)35-33-31-29-27-25-23-21-19-17-15-13-11-9-7-5-2)40-79-58-53(75)52(74)55(47(39-66)81-58)82-59-54(76)57(51(73)46(38-65)80-59)84-61(60(77)78)36-44(69)49(62-41(3)67)56(83-61)50(72)45(70)37-64/h32,34,42-47,49-59,64-66,68-70,72-76H,4-31,33,35-40H2,1-3H3,(H,62,67)(H,63,71)(H,77,78)/b34-32+. The first-order chi connectivity index (χ1) is 40.4. The average Bonchev–Trinajstić information content (AvgIpc) is 1.25. The Morgan fingerprint density at radius 3 is 1.58 bits per heavy atom. The summed E-state index contributed by atoms with van der Waals surface area (Å²) < 4.78 is 34.7. The van der Waals surface area contributed by atoms with Gasteiger partial charge >= 0.3 is 5.97 Å². The molecule has 0 aromatic heterocycles. The van der Waals surface area contributed by atoms with Gasteiger partial charge in [-0.3, -0.25) is 9.59 Å². The van der Waals surface area contributed by atoms with E-state index in [1.54, 1.807) is 6.08 Å². The number of unbranched alkanes of at least 4 members (excludes halogenated alkanes) is 27. The highest BCUT2D eigenvalue weighted by molar-refractivity contribution is 5.77. The number of aliphatic hydroxyl groups is 11. The number of aliphatic carboxylic acids is 1. The first-order valence-electron chi connectivity index (χ1n) is 32.1. The molecule has 3 heterocycles. The molecule has 18 unspecified atom stereocenters. The van der Waals surface area contributed by atoms with Gasteiger partial charge in [-0.2, -0.15) is 0 Å². The lowest BCUT2D eigenvalue weighted by Crippen LogP contribution is -2.70. The molecule has 0 bridgehead atoms. The second-order valence-corrected chi connectivity index (χ2v) is 23.6. The van der Waals surface area contributed by atoms with Crippen molar-refractivity contribution in [3.63, 3.8) is 0 Å². The summed E-state index contributed by atoms with van der Waals surface area (Å²) in [7, 11) is 0. The van der Waals surface area contributed by atoms with Gasteiger partial charge in [0.2, 0.25) is 11.8 Å². The van der Waals surface area contributed by atoms with Crippen LogP contribution in [0.25, 0.3) is 0 Å². The maximum absolute atomic E-state index is 13.4. The molecule has 14 N–H and O–H groups in total. The SMILES string of the molecule is CCCCCCCCCCCCCCC/C=C/C(O)C(COC1OC(CO)C(OC2OC(CO)C(O)C(OC3(C(=O)O)CC(O)C(NC(C)=O)C(C(O)C(O)CO)O3)C2O)C(O)C1O)NC(=O)CCCCCCCCCCCCCCCCC. The van der Waals surface area contributed by atoms with Gasteiger partial charge in [0.15, 0.2) is 12.6 Å². The second-order valence-electron chi connectivity index (χ2n) is 23.6. The van der Waals surface area contributed by atoms with Crippen molar-refractivity contribution in [2.45, 2.75) is 330 Å². The summed E-state index contributed by atoms with van der Waals surface area (Å²) in [5.41, 5.74) is 0. The summed E-state index contributed by atoms with van der Waals surface area (Å²) >= 11 is 0. The predicted molar refractivity (Wildman–Crippen MR) is 311 cm³/mol. The van der Waals surface area contributed by atoms with Crippen LogP contribution in [-0.2, 0) is 42.8 Å². The van der Waals surface area contributed by atoms with E-state index in [1.165, 1.54) is 128 Å². The van der Waals surface area contributed by atoms with E-state index in [4.69, 9.17) is 28.4 Å². The molecular weight excluding hydrogens is 1100 g/mol. The van der Waals surface area contributed by atoms with Gasteiger partial charge in [-0.15, -0.1) is 0 Å². The highest BCUT2D eigenvalue weighted by Crippen LogP contribution is 2.38. The van der Waals surface area contributed by atoms with Crippen molar-refractivity contribution in [2.75, 3.05) is 26.4 Å². The molecule has 23 nitrogen and oxygen atoms in total. The molecule has 84 heavy (non-hydrogen) atoms. The third kappa shape index (κ3) is 26.7. The van der Waals surface area contributed by atoms with Crippen LogP contribution in [0, 0.1) is 0 Å². The fourth-order valence-electron chi connectivity index (χ4n) is 11.3. The van der Waals surface area contributed by atoms with Crippen molar-refractivity contribution >= 4 is 17.8 Å². The van der Waals surface area contributed by atoms with Crippen LogP contribution in [0.3, 0.4) is 0 Å². The Bertz CT molecular complexity index is 1770. The zero-order chi connectivity index (χ0) is 61.9. The number of allylic oxidation sites excluding steroid dienone is 1. The van der Waals surface area contributed by atoms with Gasteiger partial charge < -0.3 is 100 Å². The highest BCUT2D eigenvalue weighted by atomic mass is 16.8. The monoisotopic (exact) mass is 1210 g/mol. The first-order valence-corrected chi connectivity index (χ1v) is 32.1. The summed E-state index contributed by atoms with van der Waals surface area (Å²) in [6, 6.07) is -2.61. The van der Waals surface area contributed by atoms with Gasteiger partial charge in [0.25, 0.3) is 5.79 Å². The minimum Gasteiger partial charge on any atom is -0.477 e. The molecule has 18 atom stereocenters. The number of hydrogen-bond acceptors (Lipinski definition) is 20. The van der Waals surface area contributed by atoms with Crippen LogP contribution in [0.1, 0.15) is 220 Å². The molecule has 0 spiro atoms. The molecule has 0 radical (unpaired) electrons. The van der Waals surface area contributed by atoms with Crippen LogP contribution >= 0.6 is 0 Å². The molecule has 3 aliphatic heterocycles. The van der Waals surface area contributed by atoms with Crippen molar-refractivity contribution in [3.05, 3.63) is 12.2 Å². The lowest BCUT2D eigenvalue weighted by Gasteiger charge is -2.50. The Morgan fingerprint density at radius 1 is 0.619 bits per heavy atom. The molecule has 3 aliphatic rings. The zero-order valence-corrected chi connectivity index (χ0v) is 50.8. The number of rotatable bonds is 47. The second kappa shape index (κ2) is 43.2. The molecule has 3 fully saturated rings. The Labute approximate surface area is 499 Å². The van der Waals surface area contributed by atoms with Crippen molar-refractivity contribution in [1.29, 1.82) is 0 Å². The topological polar surface area (TPSA) is 373 Å². The number of carboxylic acid groups (broad SMARTS) is 1. The Balaban J connectivity index is 1.65. The van der Waals surface area contributed by atoms with E-state index < -0.39 is 155 Å². The van der Waals surface area contributed by atoms with Gasteiger partial charge in [-0.05, 0) is 19.3 Å². The van der Waals surface area contributed by atoms with Gasteiger partial charge in [0.1, 0.15) is 67.1 Å². The van der Waals surface area contributed by atoms with Crippen molar-refractivity contribution < 1.29 is 104 Å². The summed E-state index contributed by atoms with van der Waals surface area (Å²) in [5.74, 6) is -6.14. The van der Waals surface area contributed by atoms with E-state index in [-0.39, 0.29) is 12.3 Å². The Morgan fingerprint density at radius 2 is 1.11 bits per heavy atom. The van der Waals surface area contributed by atoms with Crippen molar-refractivity contribution in [2.24, 2.45) is 0 Å². The largest absolute Gasteiger partial charge is 0.477 e. The summed E-state index contributed by atoms with van der Waals surface area (Å²) in [5, 5.41) is 136. The lowest BCUT2D eigenvalue weighted by molar-refractivity contribution is -0.386. The average molecular weight is 1210 g/mol. The van der Waals surface area contributed by atoms with Gasteiger partial charge in [-0.25, -0.2) is 4.79 Å². The molecule has 492 valence electrons. The number of carbonyl (C=O) groups excluding carboxylic acids is 2. The fourth-order valence-corrected chi connectivity index (χ4v) is 11.3. The van der Waals surface area contributed by atoms with Crippen LogP contribution in [0.4, 0.5) is 0 Å². The van der Waals surface area contributed by atoms with Crippen molar-refractivity contribution in [3.8, 4) is 0 Å². The number of nitrogens with one attached hydrogen (secondary N) is 2. The zero-order valence-electron chi connectivity index (χ0n) is 50.8. The number of aliphatic hydroxyl groups excluding tert-OH is 11. The summed E-state index contributed by atoms with van der Waals surface area (Å²) in [6.07, 6.45) is 8.36. The summed E-state index contributed by atoms with van der Waals surface area (Å²) in [6.45, 7) is 2.12. The van der Waals surface area contributed by atoms with E-state index in [1.807, 2.05) is 6.08 Å². The third-order valence-electron chi connectivity index (χ3n) is 16.5. The van der Waals surface area contributed by atoms with Crippen LogP contribution in [0.15, 0.2) is 12.2 Å². The van der Waals surface area contributed by atoms with E-state index >= 15 is 0 Å². The van der Waals surface area contributed by atoms with E-state index in [2.05, 4.69) is 24.5 Å². The molecule has 0 saturated carbocycles. The Kier molecular flexibility index (Phi) is 38.9. The molecule has 3 rings (SSSR count). The molecule has 3 saturated heterocycles. The van der Waals surface area contributed by atoms with E-state index in [9.17, 15) is 75.7 Å². The van der Waals surface area contributed by atoms with Gasteiger partial charge in [0.05, 0.1) is 50.7 Å². The molecular formula is C61H112N2O21.